The Balaban J connectivity index is 1.27. The van der Waals surface area contributed by atoms with Gasteiger partial charge in [-0.25, -0.2) is 0 Å². The predicted molar refractivity (Wildman–Crippen MR) is 332 cm³/mol. The highest BCUT2D eigenvalue weighted by molar-refractivity contribution is 7.20. The van der Waals surface area contributed by atoms with Gasteiger partial charge in [0.25, 0.3) is 0 Å². The van der Waals surface area contributed by atoms with Crippen LogP contribution in [0.5, 0.6) is 0 Å². The van der Waals surface area contributed by atoms with E-state index in [-0.39, 0.29) is 21.7 Å². The van der Waals surface area contributed by atoms with Crippen molar-refractivity contribution in [3.8, 4) is 22.7 Å². The van der Waals surface area contributed by atoms with Crippen molar-refractivity contribution in [1.29, 1.82) is 0 Å². The van der Waals surface area contributed by atoms with E-state index in [0.717, 1.165) is 22.7 Å². The summed E-state index contributed by atoms with van der Waals surface area (Å²) in [5.41, 5.74) is 14.3. The highest BCUT2D eigenvalue weighted by Gasteiger charge is 2.43. The van der Waals surface area contributed by atoms with Crippen LogP contribution >= 0.6 is 0 Å². The van der Waals surface area contributed by atoms with Crippen LogP contribution in [0.15, 0.2) is 219 Å². The van der Waals surface area contributed by atoms with Crippen LogP contribution in [0.25, 0.3) is 66.4 Å². The minimum Gasteiger partial charge on any atom is -0.316 e. The average molecular weight is 1020 g/mol. The topological polar surface area (TPSA) is 19.7 Å². The van der Waals surface area contributed by atoms with Gasteiger partial charge in [0.2, 0.25) is 0 Å². The third kappa shape index (κ3) is 8.42. The van der Waals surface area contributed by atoms with Crippen molar-refractivity contribution in [2.24, 2.45) is 0 Å². The molecule has 77 heavy (non-hydrogen) atoms. The molecule has 0 aliphatic carbocycles. The Bertz CT molecular complexity index is 3690. The third-order valence-corrected chi connectivity index (χ3v) is 21.0. The molecule has 0 N–H and O–H groups in total. The van der Waals surface area contributed by atoms with Gasteiger partial charge in [-0.15, -0.1) is 0 Å². The van der Waals surface area contributed by atoms with E-state index in [4.69, 9.17) is 0 Å². The van der Waals surface area contributed by atoms with Crippen LogP contribution in [0.4, 0.5) is 0 Å². The summed E-state index contributed by atoms with van der Waals surface area (Å²) in [4.78, 5) is 0. The Hall–Kier alpha value is -7.86. The fourth-order valence-corrected chi connectivity index (χ4v) is 17.4. The maximum Gasteiger partial charge on any atom is 0.179 e. The normalized spacial score (nSPS) is 12.9. The Morgan fingerprint density at radius 3 is 0.701 bits per heavy atom. The Morgan fingerprint density at radius 2 is 0.468 bits per heavy atom. The molecule has 0 bridgehead atoms. The first-order chi connectivity index (χ1) is 36.7. The first kappa shape index (κ1) is 50.0. The average Bonchev–Trinajstić information content (AvgIpc) is 4.24. The third-order valence-electron chi connectivity index (χ3n) is 16.3. The lowest BCUT2D eigenvalue weighted by Gasteiger charge is -2.36. The maximum atomic E-state index is 2.56. The molecule has 0 atom stereocenters. The monoisotopic (exact) mass is 1020 g/mol. The standard InChI is InChI=1S/C72H72N4Si/c1-69(2,3)61-45-73(65-35-23-19-31-57(61)65)49-39-50(74-46-62(70(4,5)6)58-32-20-24-36-66(58)74)42-55(41-49)77(53-27-15-13-16-28-53,54-29-17-14-18-30-54)56-43-51(75-47-63(71(7,8)9)59-33-21-25-37-67(59)75)40-52(44-56)76-48-64(72(10,11)12)60-34-22-26-38-68(60)76/h13-48H,1-12H3. The number of benzene rings is 8. The lowest BCUT2D eigenvalue weighted by Crippen LogP contribution is -2.75. The quantitative estimate of drug-likeness (QED) is 0.107. The molecule has 0 amide bonds. The van der Waals surface area contributed by atoms with Crippen LogP contribution in [0.1, 0.15) is 105 Å². The minimum absolute atomic E-state index is 0.0854. The molecule has 5 heteroatoms. The second kappa shape index (κ2) is 18.1. The fraction of sp³-hybridized carbons (Fsp3) is 0.222. The summed E-state index contributed by atoms with van der Waals surface area (Å²) < 4.78 is 9.93. The predicted octanol–water partition coefficient (Wildman–Crippen LogP) is 16.0. The Kier molecular flexibility index (Phi) is 11.8. The van der Waals surface area contributed by atoms with E-state index in [9.17, 15) is 0 Å². The Labute approximate surface area is 456 Å². The van der Waals surface area contributed by atoms with Gasteiger partial charge in [-0.1, -0.05) is 217 Å². The molecule has 0 spiro atoms. The molecule has 4 aromatic heterocycles. The van der Waals surface area contributed by atoms with Crippen LogP contribution in [0.2, 0.25) is 0 Å². The smallest absolute Gasteiger partial charge is 0.179 e. The van der Waals surface area contributed by atoms with Crippen molar-refractivity contribution in [3.63, 3.8) is 0 Å². The molecule has 12 rings (SSSR count). The Morgan fingerprint density at radius 1 is 0.247 bits per heavy atom. The molecule has 0 aliphatic heterocycles. The first-order valence-electron chi connectivity index (χ1n) is 27.6. The number of hydrogen-bond acceptors (Lipinski definition) is 0. The van der Waals surface area contributed by atoms with Gasteiger partial charge in [0.1, 0.15) is 0 Å². The first-order valence-corrected chi connectivity index (χ1v) is 29.6. The fourth-order valence-electron chi connectivity index (χ4n) is 12.5. The molecule has 0 aliphatic rings. The van der Waals surface area contributed by atoms with Crippen molar-refractivity contribution in [2.45, 2.75) is 105 Å². The second-order valence-electron chi connectivity index (χ2n) is 25.7. The second-order valence-corrected chi connectivity index (χ2v) is 29.5. The van der Waals surface area contributed by atoms with Crippen molar-refractivity contribution in [2.75, 3.05) is 0 Å². The van der Waals surface area contributed by atoms with E-state index in [2.05, 4.69) is 320 Å². The number of para-hydroxylation sites is 4. The highest BCUT2D eigenvalue weighted by atomic mass is 28.3. The number of fused-ring (bicyclic) bond motifs is 4. The number of nitrogens with zero attached hydrogens (tertiary/aromatic N) is 4. The molecule has 0 saturated heterocycles. The van der Waals surface area contributed by atoms with Crippen LogP contribution in [0.3, 0.4) is 0 Å². The van der Waals surface area contributed by atoms with Gasteiger partial charge in [-0.3, -0.25) is 0 Å². The summed E-state index contributed by atoms with van der Waals surface area (Å²) in [7, 11) is -3.40. The SMILES string of the molecule is CC(C)(C)c1cn(-c2cc(-n3cc(C(C)(C)C)c4ccccc43)cc([Si](c3ccccc3)(c3ccccc3)c3cc(-n4cc(C(C)(C)C)c5ccccc54)cc(-n4cc(C(C)(C)C)c5ccccc54)c3)c2)c2ccccc12. The summed E-state index contributed by atoms with van der Waals surface area (Å²) in [6.07, 6.45) is 9.68. The van der Waals surface area contributed by atoms with E-state index < -0.39 is 8.07 Å². The highest BCUT2D eigenvalue weighted by Crippen LogP contribution is 2.39. The number of aromatic nitrogens is 4. The van der Waals surface area contributed by atoms with Crippen molar-refractivity contribution < 1.29 is 0 Å². The zero-order chi connectivity index (χ0) is 53.8. The van der Waals surface area contributed by atoms with Gasteiger partial charge in [0, 0.05) is 69.1 Å². The van der Waals surface area contributed by atoms with Gasteiger partial charge in [0.15, 0.2) is 8.07 Å². The molecule has 0 fully saturated rings. The number of rotatable bonds is 8. The maximum absolute atomic E-state index is 3.40. The molecule has 0 saturated carbocycles. The van der Waals surface area contributed by atoms with Gasteiger partial charge in [-0.2, -0.15) is 0 Å². The van der Waals surface area contributed by atoms with Crippen LogP contribution in [-0.4, -0.2) is 26.3 Å². The zero-order valence-corrected chi connectivity index (χ0v) is 48.1. The molecule has 4 heterocycles. The van der Waals surface area contributed by atoms with Gasteiger partial charge in [-0.05, 0) is 125 Å². The van der Waals surface area contributed by atoms with Gasteiger partial charge in [0.05, 0.1) is 22.1 Å². The van der Waals surface area contributed by atoms with Gasteiger partial charge >= 0.3 is 0 Å². The van der Waals surface area contributed by atoms with E-state index >= 15 is 0 Å². The van der Waals surface area contributed by atoms with Crippen LogP contribution in [0, 0.1) is 0 Å². The largest absolute Gasteiger partial charge is 0.316 e. The minimum atomic E-state index is -3.40. The number of hydrogen-bond donors (Lipinski definition) is 0. The molecule has 4 nitrogen and oxygen atoms in total. The lowest BCUT2D eigenvalue weighted by atomic mass is 9.87. The van der Waals surface area contributed by atoms with Gasteiger partial charge < -0.3 is 18.3 Å². The molecule has 12 aromatic rings. The summed E-state index contributed by atoms with van der Waals surface area (Å²) >= 11 is 0. The van der Waals surface area contributed by atoms with E-state index in [1.807, 2.05) is 0 Å². The summed E-state index contributed by atoms with van der Waals surface area (Å²) in [5.74, 6) is 0. The van der Waals surface area contributed by atoms with Crippen molar-refractivity contribution in [3.05, 3.63) is 241 Å². The molecular weight excluding hydrogens is 949 g/mol. The van der Waals surface area contributed by atoms with Crippen molar-refractivity contribution in [1.82, 2.24) is 18.3 Å². The summed E-state index contributed by atoms with van der Waals surface area (Å²) in [5, 5.41) is 10.4. The summed E-state index contributed by atoms with van der Waals surface area (Å²) in [6.45, 7) is 28.1. The molecule has 0 unspecified atom stereocenters. The molecule has 0 radical (unpaired) electrons. The van der Waals surface area contributed by atoms with Crippen LogP contribution < -0.4 is 20.7 Å². The lowest BCUT2D eigenvalue weighted by molar-refractivity contribution is 0.594. The van der Waals surface area contributed by atoms with E-state index in [0.29, 0.717) is 0 Å². The molecule has 8 aromatic carbocycles. The summed E-state index contributed by atoms with van der Waals surface area (Å²) in [6, 6.07) is 74.1. The van der Waals surface area contributed by atoms with Crippen LogP contribution in [-0.2, 0) is 21.7 Å². The van der Waals surface area contributed by atoms with Crippen molar-refractivity contribution >= 4 is 72.4 Å². The van der Waals surface area contributed by atoms with E-state index in [1.54, 1.807) is 0 Å². The zero-order valence-electron chi connectivity index (χ0n) is 47.1. The van der Waals surface area contributed by atoms with E-state index in [1.165, 1.54) is 86.6 Å². The molecular formula is C72H72N4Si. The molecule has 384 valence electrons.